The Kier molecular flexibility index (Phi) is 6.36. The molecule has 0 radical (unpaired) electrons. The Labute approximate surface area is 145 Å². The van der Waals surface area contributed by atoms with E-state index in [1.54, 1.807) is 11.4 Å². The van der Waals surface area contributed by atoms with Crippen molar-refractivity contribution in [1.29, 1.82) is 0 Å². The second-order valence-electron chi connectivity index (χ2n) is 6.35. The van der Waals surface area contributed by atoms with Crippen molar-refractivity contribution in [3.05, 3.63) is 32.3 Å². The summed E-state index contributed by atoms with van der Waals surface area (Å²) in [6.07, 6.45) is 2.65. The molecular formula is C17H25N3O3S. The number of amides is 1. The van der Waals surface area contributed by atoms with E-state index in [9.17, 15) is 14.4 Å². The molecule has 1 amide bonds. The number of aromatic nitrogens is 2. The standard InChI is InChI=1S/C17H25N3O3S/c1-4-5-8-18-14(21)11-20-13-7-10-24-15(13)16(22)19(17(20)23)9-6-12(2)3/h7,10,12H,4-6,8-9,11H2,1-3H3,(H,18,21). The highest BCUT2D eigenvalue weighted by molar-refractivity contribution is 7.17. The van der Waals surface area contributed by atoms with Gasteiger partial charge < -0.3 is 5.32 Å². The Hall–Kier alpha value is -1.89. The molecule has 0 saturated heterocycles. The van der Waals surface area contributed by atoms with E-state index in [0.29, 0.717) is 29.2 Å². The summed E-state index contributed by atoms with van der Waals surface area (Å²) in [5.74, 6) is 0.188. The van der Waals surface area contributed by atoms with E-state index < -0.39 is 5.69 Å². The smallest absolute Gasteiger partial charge is 0.332 e. The summed E-state index contributed by atoms with van der Waals surface area (Å²) < 4.78 is 3.20. The highest BCUT2D eigenvalue weighted by Gasteiger charge is 2.16. The molecule has 0 atom stereocenters. The zero-order valence-electron chi connectivity index (χ0n) is 14.5. The van der Waals surface area contributed by atoms with E-state index in [1.165, 1.54) is 20.5 Å². The molecule has 6 nitrogen and oxygen atoms in total. The normalized spacial score (nSPS) is 11.3. The third-order valence-corrected chi connectivity index (χ3v) is 4.81. The van der Waals surface area contributed by atoms with Gasteiger partial charge in [-0.3, -0.25) is 18.7 Å². The second kappa shape index (κ2) is 8.28. The predicted octanol–water partition coefficient (Wildman–Crippen LogP) is 2.19. The van der Waals surface area contributed by atoms with Crippen molar-refractivity contribution in [3.8, 4) is 0 Å². The molecule has 0 fully saturated rings. The number of carbonyl (C=O) groups excluding carboxylic acids is 1. The van der Waals surface area contributed by atoms with Crippen LogP contribution in [0.25, 0.3) is 10.2 Å². The fraction of sp³-hybridized carbons (Fsp3) is 0.588. The number of nitrogens with one attached hydrogen (secondary N) is 1. The predicted molar refractivity (Wildman–Crippen MR) is 97.7 cm³/mol. The average molecular weight is 351 g/mol. The SMILES string of the molecule is CCCCNC(=O)Cn1c(=O)n(CCC(C)C)c(=O)c2sccc21. The van der Waals surface area contributed by atoms with Crippen LogP contribution in [0.15, 0.2) is 21.0 Å². The average Bonchev–Trinajstić information content (AvgIpc) is 3.01. The minimum Gasteiger partial charge on any atom is -0.355 e. The Bertz CT molecular complexity index is 817. The molecule has 0 aliphatic carbocycles. The molecule has 7 heteroatoms. The third kappa shape index (κ3) is 4.14. The van der Waals surface area contributed by atoms with Crippen LogP contribution >= 0.6 is 11.3 Å². The minimum absolute atomic E-state index is 0.0578. The molecule has 0 spiro atoms. The molecule has 2 aromatic heterocycles. The van der Waals surface area contributed by atoms with Gasteiger partial charge >= 0.3 is 5.69 Å². The van der Waals surface area contributed by atoms with Crippen LogP contribution in [0.4, 0.5) is 0 Å². The molecule has 0 aliphatic heterocycles. The minimum atomic E-state index is -0.405. The summed E-state index contributed by atoms with van der Waals surface area (Å²) in [5, 5.41) is 4.60. The molecule has 0 bridgehead atoms. The number of unbranched alkanes of at least 4 members (excludes halogenated alkanes) is 1. The number of nitrogens with zero attached hydrogens (tertiary/aromatic N) is 2. The number of rotatable bonds is 8. The van der Waals surface area contributed by atoms with Crippen molar-refractivity contribution >= 4 is 27.5 Å². The summed E-state index contributed by atoms with van der Waals surface area (Å²) in [6, 6.07) is 1.73. The molecule has 132 valence electrons. The Morgan fingerprint density at radius 1 is 1.29 bits per heavy atom. The van der Waals surface area contributed by atoms with E-state index in [0.717, 1.165) is 19.3 Å². The molecule has 2 rings (SSSR count). The van der Waals surface area contributed by atoms with Crippen molar-refractivity contribution < 1.29 is 4.79 Å². The van der Waals surface area contributed by atoms with Crippen LogP contribution in [-0.2, 0) is 17.9 Å². The highest BCUT2D eigenvalue weighted by atomic mass is 32.1. The molecule has 0 unspecified atom stereocenters. The van der Waals surface area contributed by atoms with Crippen molar-refractivity contribution in [3.63, 3.8) is 0 Å². The summed E-state index contributed by atoms with van der Waals surface area (Å²) in [6.45, 7) is 7.07. The lowest BCUT2D eigenvalue weighted by molar-refractivity contribution is -0.121. The summed E-state index contributed by atoms with van der Waals surface area (Å²) in [5.41, 5.74) is -0.119. The topological polar surface area (TPSA) is 73.1 Å². The van der Waals surface area contributed by atoms with Crippen molar-refractivity contribution in [2.45, 2.75) is 53.1 Å². The van der Waals surface area contributed by atoms with Crippen LogP contribution in [0.5, 0.6) is 0 Å². The Morgan fingerprint density at radius 2 is 2.04 bits per heavy atom. The Balaban J connectivity index is 2.37. The number of thiophene rings is 1. The van der Waals surface area contributed by atoms with E-state index in [1.807, 2.05) is 0 Å². The van der Waals surface area contributed by atoms with Gasteiger partial charge in [0.1, 0.15) is 11.2 Å². The zero-order chi connectivity index (χ0) is 17.7. The largest absolute Gasteiger partial charge is 0.355 e. The van der Waals surface area contributed by atoms with Gasteiger partial charge in [-0.2, -0.15) is 0 Å². The lowest BCUT2D eigenvalue weighted by Crippen LogP contribution is -2.42. The first kappa shape index (κ1) is 18.4. The van der Waals surface area contributed by atoms with Gasteiger partial charge in [-0.25, -0.2) is 4.79 Å². The summed E-state index contributed by atoms with van der Waals surface area (Å²) >= 11 is 1.31. The van der Waals surface area contributed by atoms with Gasteiger partial charge in [0.2, 0.25) is 5.91 Å². The number of fused-ring (bicyclic) bond motifs is 1. The fourth-order valence-electron chi connectivity index (χ4n) is 2.47. The fourth-order valence-corrected chi connectivity index (χ4v) is 3.32. The second-order valence-corrected chi connectivity index (χ2v) is 7.26. The van der Waals surface area contributed by atoms with Crippen molar-refractivity contribution in [1.82, 2.24) is 14.5 Å². The first-order chi connectivity index (χ1) is 11.5. The number of hydrogen-bond acceptors (Lipinski definition) is 4. The van der Waals surface area contributed by atoms with Gasteiger partial charge in [-0.05, 0) is 30.2 Å². The quantitative estimate of drug-likeness (QED) is 0.741. The molecule has 24 heavy (non-hydrogen) atoms. The molecular weight excluding hydrogens is 326 g/mol. The summed E-state index contributed by atoms with van der Waals surface area (Å²) in [4.78, 5) is 37.4. The van der Waals surface area contributed by atoms with E-state index in [-0.39, 0.29) is 18.0 Å². The van der Waals surface area contributed by atoms with Gasteiger partial charge in [-0.1, -0.05) is 27.2 Å². The van der Waals surface area contributed by atoms with E-state index >= 15 is 0 Å². The molecule has 0 aromatic carbocycles. The summed E-state index contributed by atoms with van der Waals surface area (Å²) in [7, 11) is 0. The van der Waals surface area contributed by atoms with Crippen LogP contribution in [-0.4, -0.2) is 21.6 Å². The van der Waals surface area contributed by atoms with Crippen LogP contribution in [0, 0.1) is 5.92 Å². The van der Waals surface area contributed by atoms with E-state index in [4.69, 9.17) is 0 Å². The highest BCUT2D eigenvalue weighted by Crippen LogP contribution is 2.15. The molecule has 2 aromatic rings. The maximum Gasteiger partial charge on any atom is 0.332 e. The first-order valence-electron chi connectivity index (χ1n) is 8.43. The lowest BCUT2D eigenvalue weighted by Gasteiger charge is -2.13. The molecule has 2 heterocycles. The molecule has 0 aliphatic rings. The zero-order valence-corrected chi connectivity index (χ0v) is 15.3. The number of carbonyl (C=O) groups is 1. The Morgan fingerprint density at radius 3 is 2.71 bits per heavy atom. The maximum absolute atomic E-state index is 12.7. The van der Waals surface area contributed by atoms with Gasteiger partial charge in [0.05, 0.1) is 5.52 Å². The monoisotopic (exact) mass is 351 g/mol. The van der Waals surface area contributed by atoms with Crippen LogP contribution in [0.1, 0.15) is 40.0 Å². The van der Waals surface area contributed by atoms with Gasteiger partial charge in [0.25, 0.3) is 5.56 Å². The lowest BCUT2D eigenvalue weighted by atomic mass is 10.1. The van der Waals surface area contributed by atoms with Crippen LogP contribution in [0.2, 0.25) is 0 Å². The molecule has 1 N–H and O–H groups in total. The van der Waals surface area contributed by atoms with Crippen LogP contribution in [0.3, 0.4) is 0 Å². The number of hydrogen-bond donors (Lipinski definition) is 1. The third-order valence-electron chi connectivity index (χ3n) is 3.92. The first-order valence-corrected chi connectivity index (χ1v) is 9.31. The molecule has 0 saturated carbocycles. The maximum atomic E-state index is 12.7. The van der Waals surface area contributed by atoms with Crippen molar-refractivity contribution in [2.75, 3.05) is 6.54 Å². The van der Waals surface area contributed by atoms with Gasteiger partial charge in [-0.15, -0.1) is 11.3 Å². The van der Waals surface area contributed by atoms with Crippen LogP contribution < -0.4 is 16.6 Å². The van der Waals surface area contributed by atoms with Crippen molar-refractivity contribution in [2.24, 2.45) is 5.92 Å². The van der Waals surface area contributed by atoms with E-state index in [2.05, 4.69) is 26.1 Å². The van der Waals surface area contributed by atoms with Gasteiger partial charge in [0.15, 0.2) is 0 Å². The van der Waals surface area contributed by atoms with Gasteiger partial charge in [0, 0.05) is 13.1 Å².